The van der Waals surface area contributed by atoms with E-state index in [-0.39, 0.29) is 0 Å². The van der Waals surface area contributed by atoms with E-state index >= 15 is 0 Å². The number of esters is 1. The molecule has 1 heterocycles. The normalized spacial score (nSPS) is 10.4. The van der Waals surface area contributed by atoms with E-state index in [4.69, 9.17) is 16.3 Å². The molecule has 1 aromatic heterocycles. The number of benzene rings is 2. The molecule has 0 aliphatic heterocycles. The Morgan fingerprint density at radius 3 is 2.45 bits per heavy atom. The van der Waals surface area contributed by atoms with Crippen molar-refractivity contribution >= 4 is 17.6 Å². The van der Waals surface area contributed by atoms with Crippen LogP contribution in [0.2, 0.25) is 5.02 Å². The van der Waals surface area contributed by atoms with E-state index in [1.165, 1.54) is 6.33 Å². The van der Waals surface area contributed by atoms with Crippen LogP contribution in [-0.4, -0.2) is 20.7 Å². The number of hydrogen-bond acceptors (Lipinski definition) is 4. The fourth-order valence-electron chi connectivity index (χ4n) is 1.92. The molecule has 22 heavy (non-hydrogen) atoms. The summed E-state index contributed by atoms with van der Waals surface area (Å²) in [7, 11) is 0. The highest BCUT2D eigenvalue weighted by molar-refractivity contribution is 6.30. The predicted molar refractivity (Wildman–Crippen MR) is 82.0 cm³/mol. The monoisotopic (exact) mass is 313 g/mol. The number of nitrogens with zero attached hydrogens (tertiary/aromatic N) is 3. The van der Waals surface area contributed by atoms with Gasteiger partial charge in [-0.05, 0) is 42.0 Å². The first kappa shape index (κ1) is 14.3. The lowest BCUT2D eigenvalue weighted by atomic mass is 10.1. The van der Waals surface area contributed by atoms with Gasteiger partial charge in [-0.3, -0.25) is 0 Å². The quantitative estimate of drug-likeness (QED) is 0.548. The van der Waals surface area contributed by atoms with Gasteiger partial charge in [0.2, 0.25) is 0 Å². The van der Waals surface area contributed by atoms with Crippen LogP contribution >= 0.6 is 11.6 Å². The van der Waals surface area contributed by atoms with Crippen molar-refractivity contribution in [2.24, 2.45) is 0 Å². The standard InChI is InChI=1S/C16H12ClN3O2/c17-14-5-7-15(8-6-14)22-16(21)13-3-1-12(2-4-13)9-20-11-18-10-19-20/h1-8,10-11H,9H2. The Morgan fingerprint density at radius 2 is 1.82 bits per heavy atom. The third-order valence-corrected chi connectivity index (χ3v) is 3.28. The van der Waals surface area contributed by atoms with Gasteiger partial charge in [0.1, 0.15) is 18.4 Å². The van der Waals surface area contributed by atoms with Gasteiger partial charge in [-0.15, -0.1) is 0 Å². The minimum Gasteiger partial charge on any atom is -0.423 e. The van der Waals surface area contributed by atoms with Crippen LogP contribution < -0.4 is 4.74 Å². The average Bonchev–Trinajstić information content (AvgIpc) is 3.03. The van der Waals surface area contributed by atoms with Crippen LogP contribution in [0.3, 0.4) is 0 Å². The van der Waals surface area contributed by atoms with E-state index in [9.17, 15) is 4.79 Å². The molecule has 0 radical (unpaired) electrons. The van der Waals surface area contributed by atoms with Crippen molar-refractivity contribution in [2.75, 3.05) is 0 Å². The Morgan fingerprint density at radius 1 is 1.09 bits per heavy atom. The second-order valence-corrected chi connectivity index (χ2v) is 5.07. The molecule has 6 heteroatoms. The van der Waals surface area contributed by atoms with Crippen molar-refractivity contribution in [1.29, 1.82) is 0 Å². The first-order valence-corrected chi connectivity index (χ1v) is 6.97. The Balaban J connectivity index is 1.66. The summed E-state index contributed by atoms with van der Waals surface area (Å²) >= 11 is 5.79. The van der Waals surface area contributed by atoms with Gasteiger partial charge in [0.15, 0.2) is 0 Å². The van der Waals surface area contributed by atoms with Crippen LogP contribution in [0.4, 0.5) is 0 Å². The number of aromatic nitrogens is 3. The Bertz CT molecular complexity index is 753. The fourth-order valence-corrected chi connectivity index (χ4v) is 2.04. The van der Waals surface area contributed by atoms with Gasteiger partial charge in [-0.2, -0.15) is 5.10 Å². The lowest BCUT2D eigenvalue weighted by molar-refractivity contribution is 0.0735. The molecule has 0 unspecified atom stereocenters. The molecule has 0 aliphatic carbocycles. The number of rotatable bonds is 4. The van der Waals surface area contributed by atoms with Crippen LogP contribution in [0.5, 0.6) is 5.75 Å². The molecule has 0 bridgehead atoms. The van der Waals surface area contributed by atoms with Crippen molar-refractivity contribution < 1.29 is 9.53 Å². The molecular weight excluding hydrogens is 302 g/mol. The topological polar surface area (TPSA) is 57.0 Å². The summed E-state index contributed by atoms with van der Waals surface area (Å²) in [6, 6.07) is 13.8. The highest BCUT2D eigenvalue weighted by Crippen LogP contribution is 2.17. The molecule has 0 N–H and O–H groups in total. The molecule has 0 amide bonds. The van der Waals surface area contributed by atoms with Crippen LogP contribution in [0.25, 0.3) is 0 Å². The summed E-state index contributed by atoms with van der Waals surface area (Å²) in [6.07, 6.45) is 3.13. The third kappa shape index (κ3) is 3.51. The molecule has 0 spiro atoms. The number of halogens is 1. The Labute approximate surface area is 132 Å². The van der Waals surface area contributed by atoms with Gasteiger partial charge in [0, 0.05) is 5.02 Å². The Kier molecular flexibility index (Phi) is 4.16. The lowest BCUT2D eigenvalue weighted by Gasteiger charge is -2.06. The van der Waals surface area contributed by atoms with E-state index in [0.29, 0.717) is 22.9 Å². The average molecular weight is 314 g/mol. The summed E-state index contributed by atoms with van der Waals surface area (Å²) in [4.78, 5) is 15.9. The zero-order valence-corrected chi connectivity index (χ0v) is 12.3. The molecule has 0 aliphatic rings. The summed E-state index contributed by atoms with van der Waals surface area (Å²) in [5.74, 6) is 0.0516. The van der Waals surface area contributed by atoms with Crippen LogP contribution in [0.1, 0.15) is 15.9 Å². The zero-order chi connectivity index (χ0) is 15.4. The molecule has 5 nitrogen and oxygen atoms in total. The van der Waals surface area contributed by atoms with Gasteiger partial charge >= 0.3 is 5.97 Å². The van der Waals surface area contributed by atoms with Crippen molar-refractivity contribution in [1.82, 2.24) is 14.8 Å². The number of carbonyl (C=O) groups is 1. The molecule has 3 rings (SSSR count). The molecule has 2 aromatic carbocycles. The van der Waals surface area contributed by atoms with Gasteiger partial charge in [0.05, 0.1) is 12.1 Å². The van der Waals surface area contributed by atoms with Crippen LogP contribution in [0, 0.1) is 0 Å². The highest BCUT2D eigenvalue weighted by atomic mass is 35.5. The zero-order valence-electron chi connectivity index (χ0n) is 11.5. The molecule has 0 atom stereocenters. The molecule has 0 fully saturated rings. The summed E-state index contributed by atoms with van der Waals surface area (Å²) in [5.41, 5.74) is 1.51. The molecule has 110 valence electrons. The van der Waals surface area contributed by atoms with Crippen molar-refractivity contribution in [3.63, 3.8) is 0 Å². The maximum Gasteiger partial charge on any atom is 0.343 e. The summed E-state index contributed by atoms with van der Waals surface area (Å²) < 4.78 is 6.99. The predicted octanol–water partition coefficient (Wildman–Crippen LogP) is 3.20. The minimum atomic E-state index is -0.408. The van der Waals surface area contributed by atoms with Gasteiger partial charge in [-0.25, -0.2) is 14.5 Å². The van der Waals surface area contributed by atoms with Gasteiger partial charge in [-0.1, -0.05) is 23.7 Å². The smallest absolute Gasteiger partial charge is 0.343 e. The maximum absolute atomic E-state index is 12.0. The minimum absolute atomic E-state index is 0.408. The largest absolute Gasteiger partial charge is 0.423 e. The molecule has 0 saturated carbocycles. The van der Waals surface area contributed by atoms with Crippen molar-refractivity contribution in [3.8, 4) is 5.75 Å². The van der Waals surface area contributed by atoms with Crippen molar-refractivity contribution in [3.05, 3.63) is 77.3 Å². The highest BCUT2D eigenvalue weighted by Gasteiger charge is 2.08. The van der Waals surface area contributed by atoms with E-state index < -0.39 is 5.97 Å². The number of carbonyl (C=O) groups excluding carboxylic acids is 1. The van der Waals surface area contributed by atoms with Gasteiger partial charge in [0.25, 0.3) is 0 Å². The second-order valence-electron chi connectivity index (χ2n) is 4.63. The molecular formula is C16H12ClN3O2. The number of ether oxygens (including phenoxy) is 1. The second kappa shape index (κ2) is 6.41. The SMILES string of the molecule is O=C(Oc1ccc(Cl)cc1)c1ccc(Cn2cncn2)cc1. The fraction of sp³-hybridized carbons (Fsp3) is 0.0625. The van der Waals surface area contributed by atoms with Crippen LogP contribution in [0.15, 0.2) is 61.2 Å². The summed E-state index contributed by atoms with van der Waals surface area (Å²) in [5, 5.41) is 4.63. The van der Waals surface area contributed by atoms with E-state index in [2.05, 4.69) is 10.1 Å². The van der Waals surface area contributed by atoms with E-state index in [1.807, 2.05) is 12.1 Å². The van der Waals surface area contributed by atoms with Crippen molar-refractivity contribution in [2.45, 2.75) is 6.54 Å². The lowest BCUT2D eigenvalue weighted by Crippen LogP contribution is -2.08. The molecule has 0 saturated heterocycles. The molecule has 3 aromatic rings. The maximum atomic E-state index is 12.0. The van der Waals surface area contributed by atoms with E-state index in [0.717, 1.165) is 5.56 Å². The third-order valence-electron chi connectivity index (χ3n) is 3.02. The van der Waals surface area contributed by atoms with Gasteiger partial charge < -0.3 is 4.74 Å². The first-order valence-electron chi connectivity index (χ1n) is 6.60. The number of hydrogen-bond donors (Lipinski definition) is 0. The Hall–Kier alpha value is -2.66. The first-order chi connectivity index (χ1) is 10.7. The summed E-state index contributed by atoms with van der Waals surface area (Å²) in [6.45, 7) is 0.604. The van der Waals surface area contributed by atoms with Crippen LogP contribution in [-0.2, 0) is 6.54 Å². The van der Waals surface area contributed by atoms with E-state index in [1.54, 1.807) is 47.4 Å².